The van der Waals surface area contributed by atoms with Crippen molar-refractivity contribution in [2.75, 3.05) is 25.5 Å². The monoisotopic (exact) mass is 333 g/mol. The van der Waals surface area contributed by atoms with Gasteiger partial charge in [-0.25, -0.2) is 13.6 Å². The van der Waals surface area contributed by atoms with Crippen molar-refractivity contribution in [3.63, 3.8) is 0 Å². The molecule has 2 heterocycles. The Hall–Kier alpha value is -0.510. The Morgan fingerprint density at radius 2 is 2.00 bits per heavy atom. The number of rotatable bonds is 7. The summed E-state index contributed by atoms with van der Waals surface area (Å²) in [4.78, 5) is 2.36. The van der Waals surface area contributed by atoms with Crippen LogP contribution in [0, 0.1) is 0 Å². The van der Waals surface area contributed by atoms with Crippen LogP contribution in [0.15, 0.2) is 10.8 Å². The minimum atomic E-state index is -3.44. The van der Waals surface area contributed by atoms with E-state index in [1.807, 2.05) is 0 Å². The van der Waals surface area contributed by atoms with Gasteiger partial charge in [-0.15, -0.1) is 0 Å². The lowest BCUT2D eigenvalue weighted by atomic mass is 10.1. The van der Waals surface area contributed by atoms with Gasteiger partial charge in [0.05, 0.1) is 6.10 Å². The van der Waals surface area contributed by atoms with Crippen molar-refractivity contribution in [2.45, 2.75) is 31.9 Å². The van der Waals surface area contributed by atoms with E-state index in [1.54, 1.807) is 11.3 Å². The average molecular weight is 333 g/mol. The lowest BCUT2D eigenvalue weighted by Crippen LogP contribution is -2.35. The van der Waals surface area contributed by atoms with E-state index in [9.17, 15) is 13.5 Å². The highest BCUT2D eigenvalue weighted by molar-refractivity contribution is 7.89. The second kappa shape index (κ2) is 7.66. The minimum absolute atomic E-state index is 0.148. The van der Waals surface area contributed by atoms with Crippen molar-refractivity contribution in [2.24, 2.45) is 5.14 Å². The Balaban J connectivity index is 1.79. The molecule has 0 aliphatic carbocycles. The SMILES string of the molecule is NS(=O)(=O)CNCCc1cscc1CN1CCC(O)CC1. The average Bonchev–Trinajstić information content (AvgIpc) is 2.84. The van der Waals surface area contributed by atoms with Crippen LogP contribution in [-0.2, 0) is 23.0 Å². The third-order valence-electron chi connectivity index (χ3n) is 3.66. The van der Waals surface area contributed by atoms with Crippen LogP contribution >= 0.6 is 11.3 Å². The summed E-state index contributed by atoms with van der Waals surface area (Å²) < 4.78 is 21.7. The van der Waals surface area contributed by atoms with Crippen LogP contribution in [0.3, 0.4) is 0 Å². The minimum Gasteiger partial charge on any atom is -0.393 e. The lowest BCUT2D eigenvalue weighted by molar-refractivity contribution is 0.0792. The molecule has 0 spiro atoms. The Morgan fingerprint density at radius 3 is 2.67 bits per heavy atom. The first-order valence-corrected chi connectivity index (χ1v) is 9.75. The normalized spacial score (nSPS) is 18.2. The lowest BCUT2D eigenvalue weighted by Gasteiger charge is -2.29. The molecular weight excluding hydrogens is 310 g/mol. The second-order valence-corrected chi connectivity index (χ2v) is 7.84. The van der Waals surface area contributed by atoms with E-state index in [1.165, 1.54) is 11.1 Å². The third kappa shape index (κ3) is 6.01. The van der Waals surface area contributed by atoms with Crippen molar-refractivity contribution >= 4 is 21.4 Å². The van der Waals surface area contributed by atoms with Gasteiger partial charge in [0.1, 0.15) is 5.88 Å². The Bertz CT molecular complexity index is 537. The number of sulfonamides is 1. The molecule has 1 aromatic heterocycles. The number of hydrogen-bond acceptors (Lipinski definition) is 6. The van der Waals surface area contributed by atoms with Crippen LogP contribution in [0.1, 0.15) is 24.0 Å². The van der Waals surface area contributed by atoms with E-state index in [4.69, 9.17) is 5.14 Å². The van der Waals surface area contributed by atoms with Gasteiger partial charge < -0.3 is 10.4 Å². The smallest absolute Gasteiger partial charge is 0.222 e. The maximum atomic E-state index is 10.8. The number of primary sulfonamides is 1. The van der Waals surface area contributed by atoms with Crippen molar-refractivity contribution in [1.29, 1.82) is 0 Å². The number of nitrogens with one attached hydrogen (secondary N) is 1. The zero-order chi connectivity index (χ0) is 15.3. The van der Waals surface area contributed by atoms with E-state index >= 15 is 0 Å². The molecule has 0 aromatic carbocycles. The number of nitrogens with zero attached hydrogens (tertiary/aromatic N) is 1. The van der Waals surface area contributed by atoms with Crippen LogP contribution in [0.2, 0.25) is 0 Å². The number of aliphatic hydroxyl groups excluding tert-OH is 1. The molecule has 8 heteroatoms. The maximum absolute atomic E-state index is 10.8. The molecule has 0 amide bonds. The summed E-state index contributed by atoms with van der Waals surface area (Å²) in [5.41, 5.74) is 2.56. The van der Waals surface area contributed by atoms with Gasteiger partial charge in [0.25, 0.3) is 0 Å². The second-order valence-electron chi connectivity index (χ2n) is 5.49. The van der Waals surface area contributed by atoms with Gasteiger partial charge in [-0.3, -0.25) is 4.90 Å². The molecule has 0 unspecified atom stereocenters. The Morgan fingerprint density at radius 1 is 1.33 bits per heavy atom. The van der Waals surface area contributed by atoms with E-state index < -0.39 is 10.0 Å². The number of likely N-dealkylation sites (tertiary alicyclic amines) is 1. The first-order valence-electron chi connectivity index (χ1n) is 7.09. The molecule has 1 aliphatic rings. The standard InChI is InChI=1S/C13H23N3O3S2/c14-21(18,19)10-15-4-1-11-8-20-9-12(11)7-16-5-2-13(17)3-6-16/h8-9,13,15,17H,1-7,10H2,(H2,14,18,19). The van der Waals surface area contributed by atoms with Gasteiger partial charge >= 0.3 is 0 Å². The number of thiophene rings is 1. The van der Waals surface area contributed by atoms with Gasteiger partial charge in [-0.05, 0) is 41.1 Å². The van der Waals surface area contributed by atoms with Crippen LogP contribution in [0.25, 0.3) is 0 Å². The number of piperidine rings is 1. The van der Waals surface area contributed by atoms with Crippen LogP contribution < -0.4 is 10.5 Å². The van der Waals surface area contributed by atoms with Crippen molar-refractivity contribution in [3.05, 3.63) is 21.9 Å². The zero-order valence-electron chi connectivity index (χ0n) is 12.0. The molecule has 6 nitrogen and oxygen atoms in total. The number of aliphatic hydroxyl groups is 1. The topological polar surface area (TPSA) is 95.7 Å². The van der Waals surface area contributed by atoms with Crippen molar-refractivity contribution < 1.29 is 13.5 Å². The quantitative estimate of drug-likeness (QED) is 0.614. The molecule has 0 bridgehead atoms. The van der Waals surface area contributed by atoms with E-state index in [0.29, 0.717) is 6.54 Å². The van der Waals surface area contributed by atoms with E-state index in [0.717, 1.165) is 38.9 Å². The first kappa shape index (κ1) is 16.9. The van der Waals surface area contributed by atoms with Crippen LogP contribution in [0.4, 0.5) is 0 Å². The molecule has 120 valence electrons. The maximum Gasteiger partial charge on any atom is 0.222 e. The highest BCUT2D eigenvalue weighted by Gasteiger charge is 2.18. The molecule has 0 atom stereocenters. The molecule has 1 aliphatic heterocycles. The molecular formula is C13H23N3O3S2. The fourth-order valence-corrected chi connectivity index (χ4v) is 3.78. The van der Waals surface area contributed by atoms with Crippen LogP contribution in [0.5, 0.6) is 0 Å². The predicted octanol–water partition coefficient (Wildman–Crippen LogP) is 0.0829. The van der Waals surface area contributed by atoms with Gasteiger partial charge in [0.15, 0.2) is 0 Å². The largest absolute Gasteiger partial charge is 0.393 e. The summed E-state index contributed by atoms with van der Waals surface area (Å²) in [5.74, 6) is -0.184. The summed E-state index contributed by atoms with van der Waals surface area (Å²) in [6.45, 7) is 3.36. The van der Waals surface area contributed by atoms with E-state index in [-0.39, 0.29) is 12.0 Å². The highest BCUT2D eigenvalue weighted by atomic mass is 32.2. The predicted molar refractivity (Wildman–Crippen MR) is 84.5 cm³/mol. The molecule has 1 fully saturated rings. The van der Waals surface area contributed by atoms with Crippen molar-refractivity contribution in [1.82, 2.24) is 10.2 Å². The molecule has 0 saturated carbocycles. The van der Waals surface area contributed by atoms with Gasteiger partial charge in [-0.1, -0.05) is 0 Å². The molecule has 1 aromatic rings. The highest BCUT2D eigenvalue weighted by Crippen LogP contribution is 2.20. The summed E-state index contributed by atoms with van der Waals surface area (Å²) in [7, 11) is -3.44. The van der Waals surface area contributed by atoms with Gasteiger partial charge in [0, 0.05) is 26.2 Å². The zero-order valence-corrected chi connectivity index (χ0v) is 13.6. The summed E-state index contributed by atoms with van der Waals surface area (Å²) in [6.07, 6.45) is 2.33. The Labute approximate surface area is 130 Å². The summed E-state index contributed by atoms with van der Waals surface area (Å²) in [5, 5.41) is 21.6. The van der Waals surface area contributed by atoms with Crippen molar-refractivity contribution in [3.8, 4) is 0 Å². The Kier molecular flexibility index (Phi) is 6.15. The molecule has 21 heavy (non-hydrogen) atoms. The molecule has 2 rings (SSSR count). The summed E-state index contributed by atoms with van der Waals surface area (Å²) in [6, 6.07) is 0. The first-order chi connectivity index (χ1) is 9.94. The number of hydrogen-bond donors (Lipinski definition) is 3. The van der Waals surface area contributed by atoms with Crippen LogP contribution in [-0.4, -0.2) is 50.0 Å². The molecule has 4 N–H and O–H groups in total. The van der Waals surface area contributed by atoms with E-state index in [2.05, 4.69) is 21.0 Å². The fraction of sp³-hybridized carbons (Fsp3) is 0.692. The fourth-order valence-electron chi connectivity index (χ4n) is 2.46. The van der Waals surface area contributed by atoms with Gasteiger partial charge in [0.2, 0.25) is 10.0 Å². The van der Waals surface area contributed by atoms with Gasteiger partial charge in [-0.2, -0.15) is 11.3 Å². The third-order valence-corrected chi connectivity index (χ3v) is 5.11. The molecule has 1 saturated heterocycles. The summed E-state index contributed by atoms with van der Waals surface area (Å²) >= 11 is 1.67. The molecule has 0 radical (unpaired) electrons. The number of nitrogens with two attached hydrogens (primary N) is 1.